The van der Waals surface area contributed by atoms with E-state index in [1.165, 1.54) is 12.1 Å². The second-order valence-electron chi connectivity index (χ2n) is 5.13. The molecule has 0 radical (unpaired) electrons. The molecule has 18 heavy (non-hydrogen) atoms. The Hall–Kier alpha value is -0.490. The van der Waals surface area contributed by atoms with Crippen molar-refractivity contribution in [2.45, 2.75) is 38.5 Å². The second kappa shape index (κ2) is 5.65. The van der Waals surface area contributed by atoms with Crippen molar-refractivity contribution in [3.63, 3.8) is 0 Å². The fourth-order valence-electron chi connectivity index (χ4n) is 2.98. The first-order valence-electron chi connectivity index (χ1n) is 6.80. The molecule has 5 heteroatoms. The average molecular weight is 267 g/mol. The molecule has 1 aromatic heterocycles. The molecule has 2 atom stereocenters. The summed E-state index contributed by atoms with van der Waals surface area (Å²) < 4.78 is 5.94. The summed E-state index contributed by atoms with van der Waals surface area (Å²) in [6.07, 6.45) is 2.74. The monoisotopic (exact) mass is 267 g/mol. The molecular weight excluding hydrogens is 246 g/mol. The van der Waals surface area contributed by atoms with Crippen LogP contribution in [0.3, 0.4) is 0 Å². The molecule has 2 aliphatic heterocycles. The Bertz CT molecular complexity index is 395. The van der Waals surface area contributed by atoms with Gasteiger partial charge in [0.2, 0.25) is 0 Å². The summed E-state index contributed by atoms with van der Waals surface area (Å²) in [7, 11) is 0. The molecule has 0 amide bonds. The molecule has 0 spiro atoms. The van der Waals surface area contributed by atoms with E-state index in [9.17, 15) is 0 Å². The lowest BCUT2D eigenvalue weighted by Gasteiger charge is -2.40. The number of aryl methyl sites for hydroxylation is 1. The molecule has 2 fully saturated rings. The Morgan fingerprint density at radius 2 is 2.39 bits per heavy atom. The summed E-state index contributed by atoms with van der Waals surface area (Å²) in [6, 6.07) is 0.566. The van der Waals surface area contributed by atoms with E-state index in [0.29, 0.717) is 12.1 Å². The zero-order chi connectivity index (χ0) is 12.4. The quantitative estimate of drug-likeness (QED) is 0.879. The molecule has 0 unspecified atom stereocenters. The number of rotatable bonds is 2. The summed E-state index contributed by atoms with van der Waals surface area (Å²) in [4.78, 5) is 7.15. The molecular formula is C13H21N3OS. The summed E-state index contributed by atoms with van der Waals surface area (Å²) in [5.41, 5.74) is 1.22. The van der Waals surface area contributed by atoms with E-state index in [4.69, 9.17) is 4.74 Å². The van der Waals surface area contributed by atoms with Crippen molar-refractivity contribution in [2.24, 2.45) is 0 Å². The third-order valence-corrected chi connectivity index (χ3v) is 4.69. The zero-order valence-electron chi connectivity index (χ0n) is 10.9. The molecule has 100 valence electrons. The van der Waals surface area contributed by atoms with Gasteiger partial charge in [-0.1, -0.05) is 0 Å². The highest BCUT2D eigenvalue weighted by Crippen LogP contribution is 2.23. The molecule has 0 saturated carbocycles. The topological polar surface area (TPSA) is 37.4 Å². The Balaban J connectivity index is 1.69. The van der Waals surface area contributed by atoms with Crippen LogP contribution in [-0.2, 0) is 11.3 Å². The van der Waals surface area contributed by atoms with Crippen molar-refractivity contribution < 1.29 is 4.74 Å². The molecule has 4 nitrogen and oxygen atoms in total. The van der Waals surface area contributed by atoms with Gasteiger partial charge in [-0.05, 0) is 32.9 Å². The first kappa shape index (κ1) is 12.5. The van der Waals surface area contributed by atoms with Gasteiger partial charge in [0.15, 0.2) is 0 Å². The minimum Gasteiger partial charge on any atom is -0.375 e. The van der Waals surface area contributed by atoms with Crippen LogP contribution in [0.4, 0.5) is 0 Å². The van der Waals surface area contributed by atoms with Gasteiger partial charge >= 0.3 is 0 Å². The molecule has 1 aromatic rings. The lowest BCUT2D eigenvalue weighted by Crippen LogP contribution is -2.50. The fraction of sp³-hybridized carbons (Fsp3) is 0.769. The number of morpholine rings is 1. The van der Waals surface area contributed by atoms with Crippen LogP contribution < -0.4 is 5.32 Å². The zero-order valence-corrected chi connectivity index (χ0v) is 11.7. The van der Waals surface area contributed by atoms with E-state index < -0.39 is 0 Å². The molecule has 0 aromatic carbocycles. The van der Waals surface area contributed by atoms with E-state index in [-0.39, 0.29) is 0 Å². The normalized spacial score (nSPS) is 29.8. The summed E-state index contributed by atoms with van der Waals surface area (Å²) in [5.74, 6) is 0. The van der Waals surface area contributed by atoms with Crippen LogP contribution >= 0.6 is 11.3 Å². The Morgan fingerprint density at radius 1 is 1.50 bits per heavy atom. The second-order valence-corrected chi connectivity index (χ2v) is 6.19. The van der Waals surface area contributed by atoms with Gasteiger partial charge in [0, 0.05) is 24.5 Å². The van der Waals surface area contributed by atoms with Crippen LogP contribution in [0.1, 0.15) is 23.5 Å². The van der Waals surface area contributed by atoms with Crippen LogP contribution in [-0.4, -0.2) is 48.3 Å². The molecule has 2 saturated heterocycles. The summed E-state index contributed by atoms with van der Waals surface area (Å²) >= 11 is 1.75. The number of nitrogens with one attached hydrogen (secondary N) is 1. The van der Waals surface area contributed by atoms with E-state index in [0.717, 1.165) is 44.2 Å². The van der Waals surface area contributed by atoms with Crippen molar-refractivity contribution in [1.82, 2.24) is 15.2 Å². The number of hydrogen-bond donors (Lipinski definition) is 1. The maximum absolute atomic E-state index is 5.94. The van der Waals surface area contributed by atoms with Gasteiger partial charge in [-0.25, -0.2) is 4.98 Å². The Morgan fingerprint density at radius 3 is 3.22 bits per heavy atom. The molecule has 3 heterocycles. The maximum atomic E-state index is 5.94. The van der Waals surface area contributed by atoms with Crippen LogP contribution in [0.2, 0.25) is 0 Å². The highest BCUT2D eigenvalue weighted by atomic mass is 32.1. The number of thiazole rings is 1. The van der Waals surface area contributed by atoms with Crippen molar-refractivity contribution in [3.05, 3.63) is 16.1 Å². The minimum absolute atomic E-state index is 0.411. The lowest BCUT2D eigenvalue weighted by atomic mass is 10.0. The predicted octanol–water partition coefficient (Wildman–Crippen LogP) is 1.40. The third-order valence-electron chi connectivity index (χ3n) is 3.86. The van der Waals surface area contributed by atoms with E-state index in [1.807, 2.05) is 0 Å². The Kier molecular flexibility index (Phi) is 3.94. The largest absolute Gasteiger partial charge is 0.375 e. The molecule has 3 rings (SSSR count). The van der Waals surface area contributed by atoms with Crippen molar-refractivity contribution in [1.29, 1.82) is 0 Å². The van der Waals surface area contributed by atoms with E-state index >= 15 is 0 Å². The number of hydrogen-bond acceptors (Lipinski definition) is 5. The first-order valence-corrected chi connectivity index (χ1v) is 7.68. The highest BCUT2D eigenvalue weighted by Gasteiger charge is 2.33. The first-order chi connectivity index (χ1) is 8.83. The summed E-state index contributed by atoms with van der Waals surface area (Å²) in [5, 5.41) is 6.83. The summed E-state index contributed by atoms with van der Waals surface area (Å²) in [6.45, 7) is 7.16. The van der Waals surface area contributed by atoms with Crippen molar-refractivity contribution >= 4 is 11.3 Å². The predicted molar refractivity (Wildman–Crippen MR) is 72.9 cm³/mol. The van der Waals surface area contributed by atoms with E-state index in [2.05, 4.69) is 27.5 Å². The van der Waals surface area contributed by atoms with Gasteiger partial charge in [-0.3, -0.25) is 4.90 Å². The highest BCUT2D eigenvalue weighted by molar-refractivity contribution is 7.09. The van der Waals surface area contributed by atoms with Crippen LogP contribution in [0.5, 0.6) is 0 Å². The molecule has 0 bridgehead atoms. The van der Waals surface area contributed by atoms with Crippen molar-refractivity contribution in [2.75, 3.05) is 26.2 Å². The standard InChI is InChI=1S/C13H21N3OS/c1-10-15-11(9-18-10)8-16-6-7-17-13-3-5-14-4-2-12(13)16/h9,12-14H,2-8H2,1H3/t12-,13-/m0/s1. The maximum Gasteiger partial charge on any atom is 0.0897 e. The Labute approximate surface area is 112 Å². The minimum atomic E-state index is 0.411. The SMILES string of the molecule is Cc1nc(CN2CCO[C@H]3CCNCC[C@@H]32)cs1. The number of aromatic nitrogens is 1. The van der Waals surface area contributed by atoms with Gasteiger partial charge in [-0.2, -0.15) is 0 Å². The number of fused-ring (bicyclic) bond motifs is 1. The number of ether oxygens (including phenoxy) is 1. The van der Waals surface area contributed by atoms with Crippen LogP contribution in [0.25, 0.3) is 0 Å². The molecule has 2 aliphatic rings. The lowest BCUT2D eigenvalue weighted by molar-refractivity contribution is -0.0749. The van der Waals surface area contributed by atoms with Crippen LogP contribution in [0.15, 0.2) is 5.38 Å². The van der Waals surface area contributed by atoms with Gasteiger partial charge < -0.3 is 10.1 Å². The average Bonchev–Trinajstić information content (AvgIpc) is 2.65. The third kappa shape index (κ3) is 2.74. The van der Waals surface area contributed by atoms with Gasteiger partial charge in [0.25, 0.3) is 0 Å². The number of nitrogens with zero attached hydrogens (tertiary/aromatic N) is 2. The molecule has 0 aliphatic carbocycles. The van der Waals surface area contributed by atoms with Gasteiger partial charge in [0.1, 0.15) is 0 Å². The van der Waals surface area contributed by atoms with Crippen molar-refractivity contribution in [3.8, 4) is 0 Å². The molecule has 1 N–H and O–H groups in total. The van der Waals surface area contributed by atoms with Gasteiger partial charge in [0.05, 0.1) is 23.4 Å². The fourth-order valence-corrected chi connectivity index (χ4v) is 3.59. The van der Waals surface area contributed by atoms with Gasteiger partial charge in [-0.15, -0.1) is 11.3 Å². The van der Waals surface area contributed by atoms with E-state index in [1.54, 1.807) is 11.3 Å². The smallest absolute Gasteiger partial charge is 0.0897 e. The van der Waals surface area contributed by atoms with Crippen LogP contribution in [0, 0.1) is 6.92 Å².